The van der Waals surface area contributed by atoms with Gasteiger partial charge in [0.05, 0.1) is 17.0 Å². The number of rotatable bonds is 3. The molecule has 1 unspecified atom stereocenters. The van der Waals surface area contributed by atoms with Crippen molar-refractivity contribution in [3.8, 4) is 0 Å². The molecule has 3 saturated heterocycles. The number of aliphatic hydroxyl groups is 1. The number of likely N-dealkylation sites (tertiary alicyclic amines) is 1. The standard InChI is InChI=1S/C22H28N4O3/c27-16-4-10-25(11-5-16)15-17-14-22(21(28)29-17)6-12-26(13-7-22)20-18-2-1-8-23-19(18)3-9-24-20/h1-3,8-9,16-17,27H,4-7,10-15H2. The first-order valence-corrected chi connectivity index (χ1v) is 10.7. The van der Waals surface area contributed by atoms with Crippen molar-refractivity contribution in [1.29, 1.82) is 0 Å². The average molecular weight is 396 g/mol. The largest absolute Gasteiger partial charge is 0.461 e. The van der Waals surface area contributed by atoms with E-state index in [1.54, 1.807) is 6.20 Å². The van der Waals surface area contributed by atoms with Crippen molar-refractivity contribution in [3.05, 3.63) is 30.6 Å². The Morgan fingerprint density at radius 3 is 2.69 bits per heavy atom. The van der Waals surface area contributed by atoms with Crippen molar-refractivity contribution in [3.63, 3.8) is 0 Å². The minimum absolute atomic E-state index is 0.0215. The highest BCUT2D eigenvalue weighted by atomic mass is 16.6. The number of piperidine rings is 2. The molecule has 3 fully saturated rings. The number of aromatic nitrogens is 2. The monoisotopic (exact) mass is 396 g/mol. The van der Waals surface area contributed by atoms with E-state index in [0.717, 1.165) is 81.5 Å². The summed E-state index contributed by atoms with van der Waals surface area (Å²) in [6, 6.07) is 5.94. The van der Waals surface area contributed by atoms with Crippen LogP contribution in [0.15, 0.2) is 30.6 Å². The summed E-state index contributed by atoms with van der Waals surface area (Å²) in [6.07, 6.45) is 7.46. The number of fused-ring (bicyclic) bond motifs is 1. The van der Waals surface area contributed by atoms with E-state index in [2.05, 4.69) is 25.8 Å². The van der Waals surface area contributed by atoms with Crippen LogP contribution in [0.4, 0.5) is 5.82 Å². The Bertz CT molecular complexity index is 883. The molecule has 0 bridgehead atoms. The molecule has 154 valence electrons. The van der Waals surface area contributed by atoms with E-state index in [-0.39, 0.29) is 23.6 Å². The van der Waals surface area contributed by atoms with Crippen molar-refractivity contribution >= 4 is 22.7 Å². The zero-order valence-electron chi connectivity index (χ0n) is 16.7. The Kier molecular flexibility index (Phi) is 4.87. The Morgan fingerprint density at radius 2 is 1.90 bits per heavy atom. The molecular weight excluding hydrogens is 368 g/mol. The lowest BCUT2D eigenvalue weighted by molar-refractivity contribution is -0.150. The summed E-state index contributed by atoms with van der Waals surface area (Å²) in [7, 11) is 0. The van der Waals surface area contributed by atoms with Crippen LogP contribution in [0.5, 0.6) is 0 Å². The van der Waals surface area contributed by atoms with E-state index >= 15 is 0 Å². The topological polar surface area (TPSA) is 78.8 Å². The van der Waals surface area contributed by atoms with Crippen LogP contribution in [0, 0.1) is 5.41 Å². The second-order valence-electron chi connectivity index (χ2n) is 8.74. The SMILES string of the molecule is O=C1OC(CN2CCC(O)CC2)CC12CCN(c1nccc3ncccc13)CC2. The molecule has 1 spiro atoms. The fourth-order valence-electron chi connectivity index (χ4n) is 5.12. The van der Waals surface area contributed by atoms with Gasteiger partial charge in [-0.1, -0.05) is 0 Å². The van der Waals surface area contributed by atoms with Crippen LogP contribution in [0.25, 0.3) is 10.9 Å². The Hall–Kier alpha value is -2.25. The van der Waals surface area contributed by atoms with Gasteiger partial charge in [0.1, 0.15) is 11.9 Å². The number of pyridine rings is 2. The zero-order chi connectivity index (χ0) is 19.8. The van der Waals surface area contributed by atoms with E-state index in [4.69, 9.17) is 4.74 Å². The van der Waals surface area contributed by atoms with Crippen molar-refractivity contribution in [1.82, 2.24) is 14.9 Å². The van der Waals surface area contributed by atoms with Crippen LogP contribution >= 0.6 is 0 Å². The van der Waals surface area contributed by atoms with Gasteiger partial charge in [-0.25, -0.2) is 4.98 Å². The fraction of sp³-hybridized carbons (Fsp3) is 0.591. The fourth-order valence-corrected chi connectivity index (χ4v) is 5.12. The van der Waals surface area contributed by atoms with Gasteiger partial charge in [0.2, 0.25) is 0 Å². The average Bonchev–Trinajstić information content (AvgIpc) is 3.04. The van der Waals surface area contributed by atoms with Gasteiger partial charge in [-0.3, -0.25) is 14.7 Å². The predicted octanol–water partition coefficient (Wildman–Crippen LogP) is 1.99. The summed E-state index contributed by atoms with van der Waals surface area (Å²) in [5.41, 5.74) is 0.601. The third kappa shape index (κ3) is 3.57. The van der Waals surface area contributed by atoms with Crippen LogP contribution in [-0.4, -0.2) is 70.9 Å². The minimum atomic E-state index is -0.348. The number of aliphatic hydroxyl groups excluding tert-OH is 1. The molecule has 0 aliphatic carbocycles. The third-order valence-corrected chi connectivity index (χ3v) is 6.87. The first-order valence-electron chi connectivity index (χ1n) is 10.7. The van der Waals surface area contributed by atoms with Gasteiger partial charge < -0.3 is 14.7 Å². The predicted molar refractivity (Wildman–Crippen MR) is 110 cm³/mol. The summed E-state index contributed by atoms with van der Waals surface area (Å²) >= 11 is 0. The molecule has 0 saturated carbocycles. The number of anilines is 1. The summed E-state index contributed by atoms with van der Waals surface area (Å²) in [6.45, 7) is 4.17. The maximum atomic E-state index is 12.8. The lowest BCUT2D eigenvalue weighted by atomic mass is 9.76. The molecule has 0 amide bonds. The molecule has 7 heteroatoms. The van der Waals surface area contributed by atoms with Gasteiger partial charge in [0.25, 0.3) is 0 Å². The molecule has 3 aliphatic heterocycles. The second-order valence-corrected chi connectivity index (χ2v) is 8.74. The van der Waals surface area contributed by atoms with Crippen LogP contribution < -0.4 is 4.90 Å². The highest BCUT2D eigenvalue weighted by Crippen LogP contribution is 2.44. The lowest BCUT2D eigenvalue weighted by Gasteiger charge is -2.37. The van der Waals surface area contributed by atoms with Crippen LogP contribution in [0.2, 0.25) is 0 Å². The Labute approximate surface area is 170 Å². The highest BCUT2D eigenvalue weighted by Gasteiger charge is 2.50. The number of hydrogen-bond acceptors (Lipinski definition) is 7. The molecule has 2 aromatic heterocycles. The quantitative estimate of drug-likeness (QED) is 0.795. The molecule has 1 N–H and O–H groups in total. The smallest absolute Gasteiger partial charge is 0.312 e. The Morgan fingerprint density at radius 1 is 1.10 bits per heavy atom. The first kappa shape index (κ1) is 18.8. The molecule has 5 heterocycles. The van der Waals surface area contributed by atoms with Gasteiger partial charge in [0.15, 0.2) is 0 Å². The molecule has 5 rings (SSSR count). The number of esters is 1. The molecule has 0 aromatic carbocycles. The highest BCUT2D eigenvalue weighted by molar-refractivity contribution is 5.89. The number of carbonyl (C=O) groups is 1. The molecule has 29 heavy (non-hydrogen) atoms. The van der Waals surface area contributed by atoms with Gasteiger partial charge in [-0.05, 0) is 43.9 Å². The molecule has 1 atom stereocenters. The van der Waals surface area contributed by atoms with Gasteiger partial charge >= 0.3 is 5.97 Å². The van der Waals surface area contributed by atoms with Crippen LogP contribution in [0.1, 0.15) is 32.1 Å². The molecule has 0 radical (unpaired) electrons. The first-order chi connectivity index (χ1) is 14.1. The van der Waals surface area contributed by atoms with Crippen molar-refractivity contribution in [2.24, 2.45) is 5.41 Å². The summed E-state index contributed by atoms with van der Waals surface area (Å²) in [4.78, 5) is 26.4. The summed E-state index contributed by atoms with van der Waals surface area (Å²) < 4.78 is 5.81. The van der Waals surface area contributed by atoms with Gasteiger partial charge in [0, 0.05) is 56.9 Å². The summed E-state index contributed by atoms with van der Waals surface area (Å²) in [5.74, 6) is 0.937. The van der Waals surface area contributed by atoms with E-state index < -0.39 is 0 Å². The van der Waals surface area contributed by atoms with Crippen molar-refractivity contribution in [2.75, 3.05) is 37.6 Å². The number of hydrogen-bond donors (Lipinski definition) is 1. The minimum Gasteiger partial charge on any atom is -0.461 e. The van der Waals surface area contributed by atoms with Crippen molar-refractivity contribution in [2.45, 2.75) is 44.3 Å². The number of cyclic esters (lactones) is 1. The van der Waals surface area contributed by atoms with E-state index in [1.165, 1.54) is 0 Å². The number of nitrogens with zero attached hydrogens (tertiary/aromatic N) is 4. The Balaban J connectivity index is 1.24. The second kappa shape index (κ2) is 7.54. The number of carbonyl (C=O) groups excluding carboxylic acids is 1. The maximum Gasteiger partial charge on any atom is 0.312 e. The summed E-state index contributed by atoms with van der Waals surface area (Å²) in [5, 5.41) is 10.7. The normalized spacial score (nSPS) is 25.6. The van der Waals surface area contributed by atoms with Crippen LogP contribution in [-0.2, 0) is 9.53 Å². The van der Waals surface area contributed by atoms with E-state index in [1.807, 2.05) is 18.3 Å². The van der Waals surface area contributed by atoms with E-state index in [9.17, 15) is 9.90 Å². The lowest BCUT2D eigenvalue weighted by Crippen LogP contribution is -2.43. The number of ether oxygens (including phenoxy) is 1. The van der Waals surface area contributed by atoms with Crippen molar-refractivity contribution < 1.29 is 14.6 Å². The van der Waals surface area contributed by atoms with Gasteiger partial charge in [-0.15, -0.1) is 0 Å². The van der Waals surface area contributed by atoms with Gasteiger partial charge in [-0.2, -0.15) is 0 Å². The zero-order valence-corrected chi connectivity index (χ0v) is 16.7. The molecule has 7 nitrogen and oxygen atoms in total. The molecule has 3 aliphatic rings. The van der Waals surface area contributed by atoms with Crippen LogP contribution in [0.3, 0.4) is 0 Å². The molecule has 2 aromatic rings. The maximum absolute atomic E-state index is 12.8. The third-order valence-electron chi connectivity index (χ3n) is 6.87. The molecular formula is C22H28N4O3. The van der Waals surface area contributed by atoms with E-state index in [0.29, 0.717) is 0 Å².